The predicted octanol–water partition coefficient (Wildman–Crippen LogP) is 0.489. The van der Waals surface area contributed by atoms with Crippen molar-refractivity contribution in [2.24, 2.45) is 17.3 Å². The zero-order valence-corrected chi connectivity index (χ0v) is 17.4. The summed E-state index contributed by atoms with van der Waals surface area (Å²) in [6.07, 6.45) is -3.07. The number of rotatable bonds is 6. The lowest BCUT2D eigenvalue weighted by Gasteiger charge is -2.57. The van der Waals surface area contributed by atoms with Crippen LogP contribution in [0.1, 0.15) is 27.7 Å². The molecule has 2 saturated heterocycles. The van der Waals surface area contributed by atoms with E-state index in [1.54, 1.807) is 6.92 Å². The van der Waals surface area contributed by atoms with Crippen LogP contribution in [0.4, 0.5) is 0 Å². The lowest BCUT2D eigenvalue weighted by Crippen LogP contribution is -2.69. The molecule has 2 heterocycles. The van der Waals surface area contributed by atoms with Gasteiger partial charge in [-0.3, -0.25) is 9.59 Å². The van der Waals surface area contributed by atoms with Crippen molar-refractivity contribution >= 4 is 24.2 Å². The van der Waals surface area contributed by atoms with Crippen molar-refractivity contribution in [3.05, 3.63) is 24.3 Å². The first-order valence-electron chi connectivity index (χ1n) is 9.60. The fourth-order valence-corrected chi connectivity index (χ4v) is 4.60. The molecule has 2 bridgehead atoms. The van der Waals surface area contributed by atoms with Gasteiger partial charge in [0.25, 0.3) is 0 Å². The average molecular weight is 422 g/mol. The Bertz CT molecular complexity index is 819. The molecule has 0 spiro atoms. The van der Waals surface area contributed by atoms with E-state index in [1.807, 2.05) is 0 Å². The summed E-state index contributed by atoms with van der Waals surface area (Å²) >= 11 is 0. The molecule has 9 heteroatoms. The van der Waals surface area contributed by atoms with Gasteiger partial charge in [-0.25, -0.2) is 9.59 Å². The van der Waals surface area contributed by atoms with Crippen LogP contribution in [0, 0.1) is 17.3 Å². The molecule has 3 rings (SSSR count). The highest BCUT2D eigenvalue weighted by Crippen LogP contribution is 2.58. The summed E-state index contributed by atoms with van der Waals surface area (Å²) in [6.45, 7) is 13.3. The minimum Gasteiger partial charge on any atom is -0.459 e. The van der Waals surface area contributed by atoms with E-state index in [1.165, 1.54) is 20.8 Å². The van der Waals surface area contributed by atoms with Crippen LogP contribution in [0.25, 0.3) is 0 Å². The summed E-state index contributed by atoms with van der Waals surface area (Å²) in [5.74, 6) is -4.14. The van der Waals surface area contributed by atoms with E-state index in [0.717, 1.165) is 0 Å². The van der Waals surface area contributed by atoms with Crippen molar-refractivity contribution in [1.82, 2.24) is 0 Å². The van der Waals surface area contributed by atoms with Crippen molar-refractivity contribution in [2.75, 3.05) is 6.61 Å². The van der Waals surface area contributed by atoms with Crippen LogP contribution >= 0.6 is 0 Å². The Balaban J connectivity index is 2.19. The van der Waals surface area contributed by atoms with E-state index in [4.69, 9.17) is 18.9 Å². The zero-order valence-electron chi connectivity index (χ0n) is 17.4. The molecule has 3 aliphatic rings. The number of hydrogen-bond acceptors (Lipinski definition) is 9. The molecule has 0 amide bonds. The molecular formula is C21H26O9. The lowest BCUT2D eigenvalue weighted by atomic mass is 9.54. The minimum absolute atomic E-state index is 0.0616. The van der Waals surface area contributed by atoms with Gasteiger partial charge < -0.3 is 24.1 Å². The first-order valence-corrected chi connectivity index (χ1v) is 9.60. The van der Waals surface area contributed by atoms with Crippen LogP contribution in [0.5, 0.6) is 0 Å². The van der Waals surface area contributed by atoms with Gasteiger partial charge in [0.1, 0.15) is 24.6 Å². The van der Waals surface area contributed by atoms with Gasteiger partial charge in [0.2, 0.25) is 0 Å². The predicted molar refractivity (Wildman–Crippen MR) is 101 cm³/mol. The Morgan fingerprint density at radius 3 is 2.37 bits per heavy atom. The highest BCUT2D eigenvalue weighted by atomic mass is 16.6. The fraction of sp³-hybridized carbons (Fsp3) is 0.619. The number of carbonyl (C=O) groups is 4. The van der Waals surface area contributed by atoms with Gasteiger partial charge in [0.15, 0.2) is 5.60 Å². The molecule has 3 fully saturated rings. The van der Waals surface area contributed by atoms with Crippen molar-refractivity contribution in [3.63, 3.8) is 0 Å². The second kappa shape index (κ2) is 7.31. The topological polar surface area (TPSA) is 129 Å². The molecule has 0 aromatic rings. The number of ether oxygens (including phenoxy) is 4. The number of fused-ring (bicyclic) bond motifs is 2. The summed E-state index contributed by atoms with van der Waals surface area (Å²) < 4.78 is 22.3. The third-order valence-electron chi connectivity index (χ3n) is 6.14. The maximum Gasteiger partial charge on any atom is 0.337 e. The molecule has 0 radical (unpaired) electrons. The zero-order chi connectivity index (χ0) is 22.6. The molecule has 1 saturated carbocycles. The van der Waals surface area contributed by atoms with E-state index >= 15 is 0 Å². The van der Waals surface area contributed by atoms with Gasteiger partial charge in [-0.05, 0) is 19.4 Å². The molecule has 30 heavy (non-hydrogen) atoms. The summed E-state index contributed by atoms with van der Waals surface area (Å²) in [6, 6.07) is 0. The van der Waals surface area contributed by atoms with Gasteiger partial charge in [-0.1, -0.05) is 20.1 Å². The van der Waals surface area contributed by atoms with E-state index in [0.29, 0.717) is 12.9 Å². The number of carbonyl (C=O) groups excluding carboxylic acids is 4. The Morgan fingerprint density at radius 1 is 1.30 bits per heavy atom. The molecule has 0 aromatic heterocycles. The molecule has 1 N–H and O–H groups in total. The van der Waals surface area contributed by atoms with E-state index in [9.17, 15) is 24.3 Å². The number of esters is 3. The third-order valence-corrected chi connectivity index (χ3v) is 6.14. The van der Waals surface area contributed by atoms with Gasteiger partial charge >= 0.3 is 17.9 Å². The summed E-state index contributed by atoms with van der Waals surface area (Å²) in [4.78, 5) is 48.7. The number of aldehydes is 1. The van der Waals surface area contributed by atoms with Crippen LogP contribution in [0.3, 0.4) is 0 Å². The third kappa shape index (κ3) is 3.45. The highest BCUT2D eigenvalue weighted by Gasteiger charge is 2.70. The van der Waals surface area contributed by atoms with Crippen LogP contribution in [0.15, 0.2) is 24.3 Å². The molecular weight excluding hydrogens is 396 g/mol. The van der Waals surface area contributed by atoms with Crippen molar-refractivity contribution in [2.45, 2.75) is 57.7 Å². The molecule has 1 aliphatic carbocycles. The maximum absolute atomic E-state index is 12.6. The highest BCUT2D eigenvalue weighted by molar-refractivity contribution is 5.90. The molecule has 0 aromatic carbocycles. The first-order chi connectivity index (χ1) is 13.8. The van der Waals surface area contributed by atoms with Crippen molar-refractivity contribution in [1.29, 1.82) is 0 Å². The van der Waals surface area contributed by atoms with Crippen molar-refractivity contribution < 1.29 is 43.2 Å². The second-order valence-electron chi connectivity index (χ2n) is 8.74. The SMILES string of the molecule is C=C1C(=O)O[C@H]2[C@@H](OC(C)=O)[C@@H]1[C@H](OC(=O)C(C)(C)O)[C@@H](C(=C)C=O)[C@@]2(C)[C@@H]1CO1. The number of aliphatic hydroxyl groups is 1. The molecule has 164 valence electrons. The summed E-state index contributed by atoms with van der Waals surface area (Å²) in [5.41, 5.74) is -2.89. The molecule has 2 aliphatic heterocycles. The normalized spacial score (nSPS) is 37.6. The quantitative estimate of drug-likeness (QED) is 0.214. The largest absolute Gasteiger partial charge is 0.459 e. The lowest BCUT2D eigenvalue weighted by molar-refractivity contribution is -0.237. The van der Waals surface area contributed by atoms with Crippen molar-refractivity contribution in [3.8, 4) is 0 Å². The van der Waals surface area contributed by atoms with Gasteiger partial charge in [0.05, 0.1) is 18.6 Å². The number of hydrogen-bond donors (Lipinski definition) is 1. The first kappa shape index (κ1) is 22.2. The standard InChI is InChI=1S/C21H26O9/c1-9(7-22)14-15(29-19(25)20(4,5)26)13-10(2)18(24)30-17(16(13)28-11(3)23)21(14,6)12-8-27-12/h7,12-17,26H,1-2,8H2,3-6H3/t12-,13-,14+,15-,16-,17-,21+/m0/s1. The molecule has 0 unspecified atom stereocenters. The molecule has 9 nitrogen and oxygen atoms in total. The Kier molecular flexibility index (Phi) is 5.41. The summed E-state index contributed by atoms with van der Waals surface area (Å²) in [7, 11) is 0. The minimum atomic E-state index is -1.84. The van der Waals surface area contributed by atoms with Crippen LogP contribution < -0.4 is 0 Å². The second-order valence-corrected chi connectivity index (χ2v) is 8.74. The molecule has 7 atom stereocenters. The van der Waals surface area contributed by atoms with Crippen LogP contribution in [-0.2, 0) is 38.1 Å². The number of epoxide rings is 1. The van der Waals surface area contributed by atoms with E-state index in [-0.39, 0.29) is 11.1 Å². The maximum atomic E-state index is 12.6. The van der Waals surface area contributed by atoms with Gasteiger partial charge in [-0.15, -0.1) is 0 Å². The van der Waals surface area contributed by atoms with E-state index < -0.39 is 65.2 Å². The Labute approximate surface area is 174 Å². The Morgan fingerprint density at radius 2 is 1.90 bits per heavy atom. The average Bonchev–Trinajstić information content (AvgIpc) is 3.47. The van der Waals surface area contributed by atoms with Gasteiger partial charge in [-0.2, -0.15) is 0 Å². The van der Waals surface area contributed by atoms with Gasteiger partial charge in [0, 0.05) is 23.8 Å². The smallest absolute Gasteiger partial charge is 0.337 e. The Hall–Kier alpha value is -2.52. The monoisotopic (exact) mass is 422 g/mol. The van der Waals surface area contributed by atoms with Crippen LogP contribution in [-0.4, -0.2) is 65.9 Å². The fourth-order valence-electron chi connectivity index (χ4n) is 4.60. The summed E-state index contributed by atoms with van der Waals surface area (Å²) in [5, 5.41) is 10.1. The van der Waals surface area contributed by atoms with Crippen LogP contribution in [0.2, 0.25) is 0 Å². The van der Waals surface area contributed by atoms with E-state index in [2.05, 4.69) is 13.2 Å².